The van der Waals surface area contributed by atoms with E-state index in [1.54, 1.807) is 112 Å². The molecular formula is C110H137F4N25O6. The van der Waals surface area contributed by atoms with Gasteiger partial charge in [0.05, 0.1) is 14.2 Å². The summed E-state index contributed by atoms with van der Waals surface area (Å²) >= 11 is 0. The Bertz CT molecular complexity index is 6250. The van der Waals surface area contributed by atoms with Crippen LogP contribution >= 0.6 is 0 Å². The van der Waals surface area contributed by atoms with E-state index < -0.39 is 0 Å². The summed E-state index contributed by atoms with van der Waals surface area (Å²) < 4.78 is 73.2. The van der Waals surface area contributed by atoms with Crippen LogP contribution in [0.2, 0.25) is 0 Å². The fraction of sp³-hybridized carbons (Fsp3) is 0.500. The Balaban J connectivity index is 0.000000132. The topological polar surface area (TPSA) is 300 Å². The molecule has 145 heavy (non-hydrogen) atoms. The molecule has 12 aromatic rings. The van der Waals surface area contributed by atoms with Gasteiger partial charge in [0, 0.05) is 181 Å². The summed E-state index contributed by atoms with van der Waals surface area (Å²) in [5, 5.41) is 19.1. The molecule has 4 saturated heterocycles. The molecule has 0 bridgehead atoms. The van der Waals surface area contributed by atoms with Crippen molar-refractivity contribution in [2.24, 2.45) is 23.7 Å². The van der Waals surface area contributed by atoms with Gasteiger partial charge in [0.25, 0.3) is 0 Å². The highest BCUT2D eigenvalue weighted by Crippen LogP contribution is 2.42. The maximum atomic E-state index is 13.9. The van der Waals surface area contributed by atoms with Crippen LogP contribution in [0.15, 0.2) is 146 Å². The molecule has 8 fully saturated rings. The molecule has 8 unspecified atom stereocenters. The third-order valence-corrected chi connectivity index (χ3v) is 30.0. The van der Waals surface area contributed by atoms with Crippen molar-refractivity contribution in [1.29, 1.82) is 0 Å². The van der Waals surface area contributed by atoms with Gasteiger partial charge in [-0.2, -0.15) is 20.4 Å². The number of hydrogen-bond donors (Lipinski definition) is 0. The summed E-state index contributed by atoms with van der Waals surface area (Å²) in [5.41, 5.74) is 6.52. The van der Waals surface area contributed by atoms with Crippen molar-refractivity contribution in [3.8, 4) is 57.2 Å². The van der Waals surface area contributed by atoms with Crippen molar-refractivity contribution in [3.05, 3.63) is 221 Å². The molecule has 0 spiro atoms. The summed E-state index contributed by atoms with van der Waals surface area (Å²) in [4.78, 5) is 111. The number of benzene rings is 4. The number of amides is 4. The highest BCUT2D eigenvalue weighted by molar-refractivity contribution is 5.79. The van der Waals surface area contributed by atoms with Gasteiger partial charge in [-0.15, -0.1) is 0 Å². The number of rotatable bonds is 22. The van der Waals surface area contributed by atoms with E-state index in [1.165, 1.54) is 61.8 Å². The number of nitrogens with zero attached hydrogens (tertiary/aromatic N) is 25. The minimum atomic E-state index is -0.251. The monoisotopic (exact) mass is 1980 g/mol. The number of carbonyl (C=O) groups excluding carboxylic acids is 4. The lowest BCUT2D eigenvalue weighted by Gasteiger charge is -2.35. The van der Waals surface area contributed by atoms with E-state index in [0.717, 1.165) is 178 Å². The Kier molecular flexibility index (Phi) is 33.7. The van der Waals surface area contributed by atoms with E-state index in [1.807, 2.05) is 77.6 Å². The van der Waals surface area contributed by atoms with Gasteiger partial charge >= 0.3 is 0 Å². The molecule has 766 valence electrons. The summed E-state index contributed by atoms with van der Waals surface area (Å²) in [5.74, 6) is 13.4. The standard InChI is InChI=1S/C28H35FN6O2.C28H35FN6O.C27H34FN7O2.C27H33FN6O/c1-19-5-4-6-22(15-19)28-31-27(21-7-8-24(29)20(2)16-21)32-35(28)18-26(36)34-13-11-33(12-14-34)25-17-23(37-3)9-10-30-25;1-19-5-4-6-23(15-19)28-31-27(22-7-8-24(29)21(3)17-22)32-35(28)18-26(36)34-13-11-33(12-14-34)25-16-20(2)9-10-30-25;1-18-5-4-6-21(13-18)27-31-26(20-7-8-22(28)19(2)14-20)32-35(27)16-25(36)34-11-9-33(10-12-34)23-15-24(37-3)30-17-29-23;1-19-6-5-7-22(16-19)27-30-26(21-9-10-23(28)20(2)17-21)31-34(27)18-25(35)33-14-12-32(13-15-33)24-8-3-4-11-29-24/h7-10,16-17,19,22H,4-6,11-15,18H2,1-3H3;7-10,16-17,19,23H,4-6,11-15,18H2,1-3H3;7-8,14-15,17-18,21H,4-6,9-13,16H2,1-3H3;3-4,8-11,17,19,22H,5-7,12-16,18H2,1-2H3. The third-order valence-electron chi connectivity index (χ3n) is 30.0. The fourth-order valence-electron chi connectivity index (χ4n) is 21.6. The molecule has 31 nitrogen and oxygen atoms in total. The number of aromatic nitrogens is 17. The Hall–Kier alpha value is -13.6. The number of piperazine rings is 4. The van der Waals surface area contributed by atoms with Gasteiger partial charge in [-0.25, -0.2) is 81.1 Å². The number of anilines is 4. The minimum Gasteiger partial charge on any atom is -0.497 e. The van der Waals surface area contributed by atoms with Crippen molar-refractivity contribution >= 4 is 46.9 Å². The normalized spacial score (nSPS) is 20.4. The maximum absolute atomic E-state index is 13.9. The van der Waals surface area contributed by atoms with Crippen LogP contribution in [0.5, 0.6) is 11.6 Å². The first-order valence-electron chi connectivity index (χ1n) is 51.8. The second kappa shape index (κ2) is 47.5. The summed E-state index contributed by atoms with van der Waals surface area (Å²) in [6, 6.07) is 35.3. The zero-order valence-corrected chi connectivity index (χ0v) is 85.6. The van der Waals surface area contributed by atoms with Crippen LogP contribution in [0.3, 0.4) is 0 Å². The average molecular weight is 1980 g/mol. The fourth-order valence-corrected chi connectivity index (χ4v) is 21.6. The van der Waals surface area contributed by atoms with Crippen LogP contribution in [0.25, 0.3) is 45.6 Å². The van der Waals surface area contributed by atoms with E-state index in [-0.39, 0.29) is 96.7 Å². The first kappa shape index (κ1) is 103. The highest BCUT2D eigenvalue weighted by Gasteiger charge is 2.37. The van der Waals surface area contributed by atoms with Crippen molar-refractivity contribution in [2.45, 2.75) is 215 Å². The second-order valence-corrected chi connectivity index (χ2v) is 40.9. The molecule has 20 rings (SSSR count). The van der Waals surface area contributed by atoms with Crippen LogP contribution in [0.1, 0.15) is 205 Å². The molecule has 8 atom stereocenters. The summed E-state index contributed by atoms with van der Waals surface area (Å²) in [6.45, 7) is 29.6. The van der Waals surface area contributed by atoms with Crippen molar-refractivity contribution < 1.29 is 46.2 Å². The maximum Gasteiger partial charge on any atom is 0.244 e. The van der Waals surface area contributed by atoms with E-state index in [2.05, 4.69) is 85.2 Å². The molecular weight excluding hydrogens is 1840 g/mol. The molecule has 4 aliphatic carbocycles. The number of ether oxygens (including phenoxy) is 2. The zero-order chi connectivity index (χ0) is 101. The van der Waals surface area contributed by atoms with Crippen molar-refractivity contribution in [1.82, 2.24) is 104 Å². The molecule has 4 aromatic carbocycles. The minimum absolute atomic E-state index is 0.0248. The second-order valence-electron chi connectivity index (χ2n) is 40.9. The van der Waals surface area contributed by atoms with E-state index in [0.29, 0.717) is 154 Å². The Labute approximate surface area is 847 Å². The van der Waals surface area contributed by atoms with Crippen LogP contribution in [-0.4, -0.2) is 246 Å². The molecule has 0 radical (unpaired) electrons. The van der Waals surface area contributed by atoms with E-state index >= 15 is 0 Å². The molecule has 0 N–H and O–H groups in total. The third kappa shape index (κ3) is 25.8. The quantitative estimate of drug-likeness (QED) is 0.0569. The molecule has 4 aliphatic heterocycles. The summed E-state index contributed by atoms with van der Waals surface area (Å²) in [7, 11) is 3.22. The number of hydrogen-bond acceptors (Lipinski definition) is 23. The number of methoxy groups -OCH3 is 2. The molecule has 35 heteroatoms. The zero-order valence-electron chi connectivity index (χ0n) is 85.6. The number of halogens is 4. The average Bonchev–Trinajstić information content (AvgIpc) is 1.66. The Morgan fingerprint density at radius 3 is 0.910 bits per heavy atom. The van der Waals surface area contributed by atoms with Crippen LogP contribution < -0.4 is 29.1 Å². The number of carbonyl (C=O) groups is 4. The molecule has 8 aliphatic rings. The van der Waals surface area contributed by atoms with Gasteiger partial charge in [-0.05, 0) is 241 Å². The largest absolute Gasteiger partial charge is 0.497 e. The van der Waals surface area contributed by atoms with Gasteiger partial charge in [-0.1, -0.05) is 85.1 Å². The Morgan fingerprint density at radius 2 is 0.621 bits per heavy atom. The lowest BCUT2D eigenvalue weighted by Crippen LogP contribution is -2.50. The van der Waals surface area contributed by atoms with Crippen LogP contribution in [0.4, 0.5) is 40.8 Å². The van der Waals surface area contributed by atoms with Crippen molar-refractivity contribution in [3.63, 3.8) is 0 Å². The lowest BCUT2D eigenvalue weighted by molar-refractivity contribution is -0.133. The number of pyridine rings is 3. The molecule has 8 aromatic heterocycles. The molecule has 4 saturated carbocycles. The van der Waals surface area contributed by atoms with Gasteiger partial charge in [0.2, 0.25) is 29.5 Å². The van der Waals surface area contributed by atoms with Gasteiger partial charge in [0.1, 0.15) is 108 Å². The van der Waals surface area contributed by atoms with Gasteiger partial charge in [-0.3, -0.25) is 19.2 Å². The van der Waals surface area contributed by atoms with E-state index in [4.69, 9.17) is 49.8 Å². The predicted molar refractivity (Wildman–Crippen MR) is 550 cm³/mol. The van der Waals surface area contributed by atoms with Gasteiger partial charge < -0.3 is 48.7 Å². The first-order valence-corrected chi connectivity index (χ1v) is 51.8. The SMILES string of the molecule is COc1cc(N2CCN(C(=O)Cn3nc(-c4ccc(F)c(C)c4)nc3C3CCCC(C)C3)CC2)ncn1.COc1ccnc(N2CCN(C(=O)Cn3nc(-c4ccc(F)c(C)c4)nc3C3CCCC(C)C3)CC2)c1.Cc1cc(-c2nc(C3CCCC(C)C3)n(CC(=O)N3CCN(c4ccccn4)CC3)n2)ccc1F.Cc1ccnc(N2CCN(C(=O)Cn3nc(-c4ccc(F)c(C)c4)nc3C3CCCC(C)C3)CC2)c1. The summed E-state index contributed by atoms with van der Waals surface area (Å²) in [6.07, 6.45) is 24.8. The number of aryl methyl sites for hydroxylation is 5. The molecule has 12 heterocycles. The van der Waals surface area contributed by atoms with E-state index in [9.17, 15) is 36.7 Å². The lowest BCUT2D eigenvalue weighted by atomic mass is 9.82. The van der Waals surface area contributed by atoms with Gasteiger partial charge in [0.15, 0.2) is 23.3 Å². The highest BCUT2D eigenvalue weighted by atomic mass is 19.1. The smallest absolute Gasteiger partial charge is 0.244 e. The van der Waals surface area contributed by atoms with Crippen LogP contribution in [0, 0.1) is 81.6 Å². The van der Waals surface area contributed by atoms with Crippen molar-refractivity contribution in [2.75, 3.05) is 139 Å². The molecule has 4 amide bonds. The predicted octanol–water partition coefficient (Wildman–Crippen LogP) is 17.4. The van der Waals surface area contributed by atoms with Crippen LogP contribution in [-0.2, 0) is 45.4 Å². The Morgan fingerprint density at radius 1 is 0.317 bits per heavy atom. The first-order chi connectivity index (χ1) is 70.2.